The Labute approximate surface area is 303 Å². The molecule has 3 aromatic rings. The van der Waals surface area contributed by atoms with Gasteiger partial charge in [0.2, 0.25) is 18.3 Å². The van der Waals surface area contributed by atoms with Gasteiger partial charge in [0.25, 0.3) is 0 Å². The van der Waals surface area contributed by atoms with Crippen LogP contribution in [0.25, 0.3) is 22.3 Å². The molecule has 21 nitrogen and oxygen atoms in total. The number of aliphatic hydroxyl groups excluding tert-OH is 10. The van der Waals surface area contributed by atoms with Crippen molar-refractivity contribution in [2.24, 2.45) is 0 Å². The second-order valence-corrected chi connectivity index (χ2v) is 13.1. The fourth-order valence-electron chi connectivity index (χ4n) is 6.18. The van der Waals surface area contributed by atoms with Crippen molar-refractivity contribution in [3.63, 3.8) is 0 Å². The molecule has 3 aliphatic rings. The fourth-order valence-corrected chi connectivity index (χ4v) is 6.18. The highest BCUT2D eigenvalue weighted by Crippen LogP contribution is 2.45. The van der Waals surface area contributed by atoms with Crippen molar-refractivity contribution in [1.82, 2.24) is 0 Å². The largest absolute Gasteiger partial charge is 0.507 e. The van der Waals surface area contributed by atoms with Crippen molar-refractivity contribution in [3.05, 3.63) is 30.3 Å². The van der Waals surface area contributed by atoms with E-state index in [9.17, 15) is 71.5 Å². The van der Waals surface area contributed by atoms with Gasteiger partial charge in [0.15, 0.2) is 23.5 Å². The number of phenolic OH excluding ortho intramolecular Hbond substituents is 4. The molecule has 0 amide bonds. The summed E-state index contributed by atoms with van der Waals surface area (Å²) in [6.45, 7) is 0.0591. The third kappa shape index (κ3) is 7.52. The summed E-state index contributed by atoms with van der Waals surface area (Å²) >= 11 is 0. The highest BCUT2D eigenvalue weighted by Gasteiger charge is 2.49. The predicted octanol–water partition coefficient (Wildman–Crippen LogP) is -3.59. The van der Waals surface area contributed by atoms with Crippen molar-refractivity contribution >= 4 is 11.0 Å². The summed E-state index contributed by atoms with van der Waals surface area (Å²) in [7, 11) is 0. The molecule has 14 N–H and O–H groups in total. The molecule has 0 bridgehead atoms. The maximum absolute atomic E-state index is 11.0. The molecule has 0 radical (unpaired) electrons. The van der Waals surface area contributed by atoms with Gasteiger partial charge < -0.3 is 99.9 Å². The molecule has 0 saturated carbocycles. The molecule has 4 heterocycles. The molecular formula is C33H41O21+. The molecule has 6 rings (SSSR count). The van der Waals surface area contributed by atoms with E-state index in [1.165, 1.54) is 13.0 Å². The van der Waals surface area contributed by atoms with Gasteiger partial charge in [-0.1, -0.05) is 0 Å². The minimum absolute atomic E-state index is 0.105. The Morgan fingerprint density at radius 3 is 1.78 bits per heavy atom. The van der Waals surface area contributed by atoms with Crippen molar-refractivity contribution < 1.29 is 104 Å². The van der Waals surface area contributed by atoms with Crippen LogP contribution in [0.15, 0.2) is 34.7 Å². The number of rotatable bonds is 9. The number of hydrogen-bond donors (Lipinski definition) is 14. The fraction of sp³-hybridized carbons (Fsp3) is 0.545. The van der Waals surface area contributed by atoms with E-state index in [1.807, 2.05) is 0 Å². The second kappa shape index (κ2) is 15.7. The minimum Gasteiger partial charge on any atom is -0.507 e. The van der Waals surface area contributed by atoms with Crippen molar-refractivity contribution in [2.75, 3.05) is 13.2 Å². The summed E-state index contributed by atoms with van der Waals surface area (Å²) in [5, 5.41) is 144. The van der Waals surface area contributed by atoms with Crippen LogP contribution in [0.1, 0.15) is 6.92 Å². The summed E-state index contributed by atoms with van der Waals surface area (Å²) in [5.41, 5.74) is -0.355. The molecule has 2 aromatic carbocycles. The maximum atomic E-state index is 11.0. The molecule has 1 aromatic heterocycles. The van der Waals surface area contributed by atoms with Gasteiger partial charge in [-0.15, -0.1) is 0 Å². The zero-order valence-electron chi connectivity index (χ0n) is 28.1. The summed E-state index contributed by atoms with van der Waals surface area (Å²) in [6.07, 6.45) is -24.5. The molecule has 3 fully saturated rings. The topological polar surface area (TPSA) is 350 Å². The lowest BCUT2D eigenvalue weighted by atomic mass is 9.98. The molecule has 21 heteroatoms. The maximum Gasteiger partial charge on any atom is 0.402 e. The van der Waals surface area contributed by atoms with Crippen LogP contribution < -0.4 is 9.47 Å². The van der Waals surface area contributed by atoms with E-state index in [0.29, 0.717) is 0 Å². The van der Waals surface area contributed by atoms with Crippen LogP contribution >= 0.6 is 0 Å². The second-order valence-electron chi connectivity index (χ2n) is 13.1. The number of phenols is 4. The summed E-state index contributed by atoms with van der Waals surface area (Å²) in [6, 6.07) is 5.29. The Morgan fingerprint density at radius 2 is 1.15 bits per heavy atom. The van der Waals surface area contributed by atoms with Crippen LogP contribution in [0.4, 0.5) is 0 Å². The number of hydrogen-bond acceptors (Lipinski definition) is 20. The molecule has 0 spiro atoms. The van der Waals surface area contributed by atoms with E-state index < -0.39 is 128 Å². The van der Waals surface area contributed by atoms with Crippen LogP contribution in [0.3, 0.4) is 0 Å². The molecule has 15 atom stereocenters. The van der Waals surface area contributed by atoms with Crippen LogP contribution in [0.5, 0.6) is 34.5 Å². The summed E-state index contributed by atoms with van der Waals surface area (Å²) < 4.78 is 39.5. The lowest BCUT2D eigenvalue weighted by Gasteiger charge is -2.42. The first-order valence-electron chi connectivity index (χ1n) is 16.5. The van der Waals surface area contributed by atoms with Crippen LogP contribution in [0.2, 0.25) is 0 Å². The zero-order chi connectivity index (χ0) is 39.3. The SMILES string of the molecule is CC1O[C@@H](OCC2O[C@@H](Oc3cc4c(O)cc(O[C@@H]5OC(CO)[C@@H](O)[C@H](O)C5O)cc4[o+]c3-c3cc(O)c(O)c(O)c3)C(O)C(O)[C@@H]2O)C(O)[C@@H](O)[C@H]1O. The van der Waals surface area contributed by atoms with E-state index in [1.54, 1.807) is 0 Å². The van der Waals surface area contributed by atoms with Gasteiger partial charge in [0, 0.05) is 24.3 Å². The van der Waals surface area contributed by atoms with Crippen LogP contribution in [0, 0.1) is 0 Å². The Hall–Kier alpha value is -3.91. The Kier molecular flexibility index (Phi) is 11.5. The van der Waals surface area contributed by atoms with E-state index in [4.69, 9.17) is 32.8 Å². The van der Waals surface area contributed by atoms with Crippen LogP contribution in [-0.4, -0.2) is 177 Å². The van der Waals surface area contributed by atoms with E-state index in [0.717, 1.165) is 24.3 Å². The van der Waals surface area contributed by atoms with Crippen molar-refractivity contribution in [1.29, 1.82) is 0 Å². The van der Waals surface area contributed by atoms with Crippen molar-refractivity contribution in [2.45, 2.75) is 99.0 Å². The number of benzene rings is 2. The predicted molar refractivity (Wildman–Crippen MR) is 173 cm³/mol. The number of ether oxygens (including phenoxy) is 6. The lowest BCUT2D eigenvalue weighted by Crippen LogP contribution is -2.61. The molecular weight excluding hydrogens is 732 g/mol. The quantitative estimate of drug-likeness (QED) is 0.0738. The monoisotopic (exact) mass is 773 g/mol. The number of fused-ring (bicyclic) bond motifs is 1. The third-order valence-electron chi connectivity index (χ3n) is 9.38. The first kappa shape index (κ1) is 39.8. The van der Waals surface area contributed by atoms with Gasteiger partial charge >= 0.3 is 11.3 Å². The molecule has 3 saturated heterocycles. The average Bonchev–Trinajstić information content (AvgIpc) is 3.14. The van der Waals surface area contributed by atoms with Gasteiger partial charge in [-0.2, -0.15) is 0 Å². The van der Waals surface area contributed by atoms with Crippen molar-refractivity contribution in [3.8, 4) is 45.8 Å². The highest BCUT2D eigenvalue weighted by atomic mass is 16.7. The first-order chi connectivity index (χ1) is 25.5. The highest BCUT2D eigenvalue weighted by molar-refractivity contribution is 5.89. The van der Waals surface area contributed by atoms with E-state index in [2.05, 4.69) is 0 Å². The lowest BCUT2D eigenvalue weighted by molar-refractivity contribution is -0.318. The smallest absolute Gasteiger partial charge is 0.402 e. The van der Waals surface area contributed by atoms with Gasteiger partial charge in [-0.05, 0) is 6.92 Å². The Bertz CT molecular complexity index is 1770. The van der Waals surface area contributed by atoms with E-state index >= 15 is 0 Å². The van der Waals surface area contributed by atoms with Gasteiger partial charge in [-0.3, -0.25) is 0 Å². The number of aromatic hydroxyl groups is 4. The van der Waals surface area contributed by atoms with Gasteiger partial charge in [0.1, 0.15) is 84.0 Å². The Morgan fingerprint density at radius 1 is 0.593 bits per heavy atom. The van der Waals surface area contributed by atoms with E-state index in [-0.39, 0.29) is 33.8 Å². The summed E-state index contributed by atoms with van der Waals surface area (Å²) in [5.74, 6) is -4.02. The van der Waals surface area contributed by atoms with Crippen LogP contribution in [-0.2, 0) is 18.9 Å². The number of aliphatic hydroxyl groups is 10. The first-order valence-corrected chi connectivity index (χ1v) is 16.5. The standard InChI is InChI=1S/C33H40O21/c1-9-20(38)24(42)27(45)31(49-9)48-8-19-23(41)26(44)29(47)33(54-19)52-17-6-12-13(35)4-11(50-32-28(46)25(43)22(40)18(7-34)53-32)5-16(12)51-30(17)10-2-14(36)21(39)15(37)3-10/h2-6,9,18-20,22-29,31-34,38,40-47H,7-8H2,1H3,(H3-,35,36,37,39)/p+1/t9?,18?,19?,20-,22+,23+,24-,25-,26?,27?,28?,29?,31+,32+,33+/m0/s1. The van der Waals surface area contributed by atoms with Gasteiger partial charge in [0.05, 0.1) is 30.9 Å². The molecule has 3 aliphatic heterocycles. The van der Waals surface area contributed by atoms with Gasteiger partial charge in [-0.25, -0.2) is 4.42 Å². The molecule has 7 unspecified atom stereocenters. The Balaban J connectivity index is 1.32. The molecule has 54 heavy (non-hydrogen) atoms. The third-order valence-corrected chi connectivity index (χ3v) is 9.38. The minimum atomic E-state index is -1.96. The molecule has 0 aliphatic carbocycles. The average molecular weight is 774 g/mol. The molecule has 298 valence electrons. The normalized spacial score (nSPS) is 37.3. The summed E-state index contributed by atoms with van der Waals surface area (Å²) in [4.78, 5) is 0. The zero-order valence-corrected chi connectivity index (χ0v) is 28.1.